The SMILES string of the molecule is O=C(O)Cc1cc(-c2ccc(C(F)(F)F)cc2)ccc1C(F)(F)F. The Morgan fingerprint density at radius 3 is 1.83 bits per heavy atom. The van der Waals surface area contributed by atoms with Gasteiger partial charge < -0.3 is 5.11 Å². The zero-order valence-electron chi connectivity index (χ0n) is 11.9. The van der Waals surface area contributed by atoms with E-state index in [2.05, 4.69) is 0 Å². The lowest BCUT2D eigenvalue weighted by atomic mass is 9.96. The number of rotatable bonds is 3. The van der Waals surface area contributed by atoms with Gasteiger partial charge in [0, 0.05) is 0 Å². The van der Waals surface area contributed by atoms with Gasteiger partial charge in [-0.05, 0) is 41.0 Å². The summed E-state index contributed by atoms with van der Waals surface area (Å²) < 4.78 is 76.3. The van der Waals surface area contributed by atoms with E-state index in [-0.39, 0.29) is 11.1 Å². The molecule has 0 saturated heterocycles. The first-order valence-electron chi connectivity index (χ1n) is 6.58. The third-order valence-electron chi connectivity index (χ3n) is 3.30. The van der Waals surface area contributed by atoms with E-state index in [4.69, 9.17) is 5.11 Å². The average Bonchev–Trinajstić information content (AvgIpc) is 2.44. The maximum atomic E-state index is 12.9. The Labute approximate surface area is 132 Å². The van der Waals surface area contributed by atoms with Gasteiger partial charge in [-0.25, -0.2) is 0 Å². The van der Waals surface area contributed by atoms with Crippen LogP contribution in [0.4, 0.5) is 26.3 Å². The van der Waals surface area contributed by atoms with Crippen molar-refractivity contribution in [2.45, 2.75) is 18.8 Å². The van der Waals surface area contributed by atoms with Crippen LogP contribution in [0, 0.1) is 0 Å². The largest absolute Gasteiger partial charge is 0.481 e. The Morgan fingerprint density at radius 2 is 1.38 bits per heavy atom. The number of halogens is 6. The third kappa shape index (κ3) is 4.06. The van der Waals surface area contributed by atoms with E-state index in [1.54, 1.807) is 0 Å². The molecule has 24 heavy (non-hydrogen) atoms. The number of carboxylic acid groups (broad SMARTS) is 1. The highest BCUT2D eigenvalue weighted by Crippen LogP contribution is 2.35. The predicted octanol–water partition coefficient (Wildman–Crippen LogP) is 5.02. The number of carbonyl (C=O) groups is 1. The molecule has 2 aromatic carbocycles. The summed E-state index contributed by atoms with van der Waals surface area (Å²) in [4.78, 5) is 10.8. The van der Waals surface area contributed by atoms with Crippen LogP contribution in [0.15, 0.2) is 42.5 Å². The van der Waals surface area contributed by atoms with Crippen LogP contribution in [0.25, 0.3) is 11.1 Å². The van der Waals surface area contributed by atoms with Gasteiger partial charge in [-0.1, -0.05) is 18.2 Å². The molecular weight excluding hydrogens is 338 g/mol. The minimum Gasteiger partial charge on any atom is -0.481 e. The first-order chi connectivity index (χ1) is 11.0. The summed E-state index contributed by atoms with van der Waals surface area (Å²) in [5.74, 6) is -1.44. The number of hydrogen-bond acceptors (Lipinski definition) is 1. The maximum Gasteiger partial charge on any atom is 0.416 e. The van der Waals surface area contributed by atoms with E-state index in [9.17, 15) is 31.1 Å². The number of carboxylic acids is 1. The zero-order valence-corrected chi connectivity index (χ0v) is 11.9. The van der Waals surface area contributed by atoms with Crippen molar-refractivity contribution in [2.75, 3.05) is 0 Å². The molecule has 0 aliphatic heterocycles. The molecule has 0 aliphatic rings. The molecule has 0 unspecified atom stereocenters. The van der Waals surface area contributed by atoms with Crippen LogP contribution in [0.3, 0.4) is 0 Å². The zero-order chi connectivity index (χ0) is 18.1. The van der Waals surface area contributed by atoms with E-state index < -0.39 is 41.4 Å². The summed E-state index contributed by atoms with van der Waals surface area (Å²) in [6.07, 6.45) is -10.1. The fraction of sp³-hybridized carbons (Fsp3) is 0.188. The Morgan fingerprint density at radius 1 is 0.833 bits per heavy atom. The van der Waals surface area contributed by atoms with Gasteiger partial charge in [-0.2, -0.15) is 26.3 Å². The molecule has 0 aliphatic carbocycles. The number of aliphatic carboxylic acids is 1. The Bertz CT molecular complexity index is 745. The maximum absolute atomic E-state index is 12.9. The van der Waals surface area contributed by atoms with E-state index in [0.29, 0.717) is 0 Å². The highest BCUT2D eigenvalue weighted by Gasteiger charge is 2.34. The second-order valence-electron chi connectivity index (χ2n) is 5.02. The van der Waals surface area contributed by atoms with Crippen molar-refractivity contribution in [1.82, 2.24) is 0 Å². The van der Waals surface area contributed by atoms with Crippen LogP contribution >= 0.6 is 0 Å². The summed E-state index contributed by atoms with van der Waals surface area (Å²) in [5.41, 5.74) is -1.96. The Kier molecular flexibility index (Phi) is 4.59. The fourth-order valence-electron chi connectivity index (χ4n) is 2.21. The van der Waals surface area contributed by atoms with Crippen LogP contribution < -0.4 is 0 Å². The molecule has 0 aromatic heterocycles. The minimum atomic E-state index is -4.72. The smallest absolute Gasteiger partial charge is 0.416 e. The molecule has 0 saturated carbocycles. The molecule has 0 spiro atoms. The summed E-state index contributed by atoms with van der Waals surface area (Å²) in [7, 11) is 0. The summed E-state index contributed by atoms with van der Waals surface area (Å²) in [5, 5.41) is 8.75. The van der Waals surface area contributed by atoms with Crippen LogP contribution in [0.2, 0.25) is 0 Å². The second-order valence-corrected chi connectivity index (χ2v) is 5.02. The van der Waals surface area contributed by atoms with Crippen molar-refractivity contribution in [1.29, 1.82) is 0 Å². The van der Waals surface area contributed by atoms with Gasteiger partial charge in [0.15, 0.2) is 0 Å². The molecule has 0 bridgehead atoms. The fourth-order valence-corrected chi connectivity index (χ4v) is 2.21. The highest BCUT2D eigenvalue weighted by atomic mass is 19.4. The molecule has 0 amide bonds. The molecule has 0 heterocycles. The molecule has 1 N–H and O–H groups in total. The lowest BCUT2D eigenvalue weighted by Crippen LogP contribution is -2.12. The van der Waals surface area contributed by atoms with Crippen LogP contribution in [-0.2, 0) is 23.6 Å². The van der Waals surface area contributed by atoms with Gasteiger partial charge in [0.25, 0.3) is 0 Å². The molecule has 8 heteroatoms. The van der Waals surface area contributed by atoms with Crippen LogP contribution in [-0.4, -0.2) is 11.1 Å². The molecule has 0 radical (unpaired) electrons. The van der Waals surface area contributed by atoms with Crippen molar-refractivity contribution in [2.24, 2.45) is 0 Å². The molecule has 2 aromatic rings. The number of benzene rings is 2. The molecule has 0 atom stereocenters. The van der Waals surface area contributed by atoms with Crippen LogP contribution in [0.5, 0.6) is 0 Å². The quantitative estimate of drug-likeness (QED) is 0.791. The highest BCUT2D eigenvalue weighted by molar-refractivity contribution is 5.73. The summed E-state index contributed by atoms with van der Waals surface area (Å²) >= 11 is 0. The van der Waals surface area contributed by atoms with Crippen molar-refractivity contribution in [3.8, 4) is 11.1 Å². The van der Waals surface area contributed by atoms with Gasteiger partial charge in [-0.15, -0.1) is 0 Å². The Hall–Kier alpha value is -2.51. The van der Waals surface area contributed by atoms with Crippen molar-refractivity contribution in [3.63, 3.8) is 0 Å². The molecule has 128 valence electrons. The van der Waals surface area contributed by atoms with Crippen molar-refractivity contribution in [3.05, 3.63) is 59.2 Å². The Balaban J connectivity index is 2.46. The van der Waals surface area contributed by atoms with E-state index >= 15 is 0 Å². The normalized spacial score (nSPS) is 12.2. The van der Waals surface area contributed by atoms with Gasteiger partial charge in [0.2, 0.25) is 0 Å². The first kappa shape index (κ1) is 17.8. The van der Waals surface area contributed by atoms with Gasteiger partial charge in [-0.3, -0.25) is 4.79 Å². The van der Waals surface area contributed by atoms with Gasteiger partial charge in [0.05, 0.1) is 17.5 Å². The van der Waals surface area contributed by atoms with Gasteiger partial charge >= 0.3 is 18.3 Å². The lowest BCUT2D eigenvalue weighted by molar-refractivity contribution is -0.140. The lowest BCUT2D eigenvalue weighted by Gasteiger charge is -2.14. The van der Waals surface area contributed by atoms with E-state index in [0.717, 1.165) is 42.5 Å². The summed E-state index contributed by atoms with van der Waals surface area (Å²) in [6.45, 7) is 0. The molecule has 2 nitrogen and oxygen atoms in total. The first-order valence-corrected chi connectivity index (χ1v) is 6.58. The minimum absolute atomic E-state index is 0.202. The van der Waals surface area contributed by atoms with Crippen LogP contribution in [0.1, 0.15) is 16.7 Å². The average molecular weight is 348 g/mol. The van der Waals surface area contributed by atoms with E-state index in [1.807, 2.05) is 0 Å². The molecular formula is C16H10F6O2. The van der Waals surface area contributed by atoms with Crippen molar-refractivity contribution < 1.29 is 36.2 Å². The standard InChI is InChI=1S/C16H10F6O2/c17-15(18,19)12-4-1-9(2-5-12)10-3-6-13(16(20,21)22)11(7-10)8-14(23)24/h1-7H,8H2,(H,23,24). The van der Waals surface area contributed by atoms with Crippen molar-refractivity contribution >= 4 is 5.97 Å². The topological polar surface area (TPSA) is 37.3 Å². The second kappa shape index (κ2) is 6.18. The summed E-state index contributed by atoms with van der Waals surface area (Å²) in [6, 6.07) is 6.71. The monoisotopic (exact) mass is 348 g/mol. The third-order valence-corrected chi connectivity index (χ3v) is 3.30. The van der Waals surface area contributed by atoms with Gasteiger partial charge in [0.1, 0.15) is 0 Å². The number of alkyl halides is 6. The molecule has 0 fully saturated rings. The van der Waals surface area contributed by atoms with E-state index in [1.165, 1.54) is 0 Å². The number of hydrogen-bond donors (Lipinski definition) is 1. The molecule has 2 rings (SSSR count). The predicted molar refractivity (Wildman–Crippen MR) is 73.2 cm³/mol.